The van der Waals surface area contributed by atoms with E-state index in [1.807, 2.05) is 26.8 Å². The van der Waals surface area contributed by atoms with Gasteiger partial charge in [0.25, 0.3) is 11.5 Å². The van der Waals surface area contributed by atoms with E-state index < -0.39 is 5.56 Å². The Morgan fingerprint density at radius 3 is 2.65 bits per heavy atom. The molecule has 0 fully saturated rings. The number of halogens is 1. The van der Waals surface area contributed by atoms with Gasteiger partial charge in [0.05, 0.1) is 11.6 Å². The van der Waals surface area contributed by atoms with Crippen molar-refractivity contribution >= 4 is 17.5 Å². The molecule has 0 saturated carbocycles. The minimum Gasteiger partial charge on any atom is -0.466 e. The molecule has 0 aliphatic rings. The second kappa shape index (κ2) is 5.54. The number of H-pyrrole nitrogens is 1. The van der Waals surface area contributed by atoms with Crippen LogP contribution in [0.3, 0.4) is 0 Å². The zero-order chi connectivity index (χ0) is 14.9. The highest BCUT2D eigenvalue weighted by Gasteiger charge is 2.16. The van der Waals surface area contributed by atoms with Crippen LogP contribution in [0.15, 0.2) is 27.5 Å². The maximum atomic E-state index is 12.1. The molecule has 5 nitrogen and oxygen atoms in total. The monoisotopic (exact) mass is 294 g/mol. The van der Waals surface area contributed by atoms with Gasteiger partial charge in [0, 0.05) is 11.8 Å². The summed E-state index contributed by atoms with van der Waals surface area (Å²) in [6.07, 6.45) is 1.34. The molecule has 0 aliphatic carbocycles. The lowest BCUT2D eigenvalue weighted by Gasteiger charge is -2.13. The number of rotatable bonds is 3. The summed E-state index contributed by atoms with van der Waals surface area (Å²) in [5.74, 6) is 1.26. The van der Waals surface area contributed by atoms with Gasteiger partial charge in [-0.25, -0.2) is 0 Å². The van der Waals surface area contributed by atoms with Crippen LogP contribution in [0.25, 0.3) is 0 Å². The van der Waals surface area contributed by atoms with Crippen LogP contribution in [0.5, 0.6) is 0 Å². The molecule has 0 aromatic carbocycles. The van der Waals surface area contributed by atoms with E-state index in [2.05, 4.69) is 10.3 Å². The summed E-state index contributed by atoms with van der Waals surface area (Å²) < 4.78 is 5.44. The second-order valence-corrected chi connectivity index (χ2v) is 5.04. The van der Waals surface area contributed by atoms with Crippen molar-refractivity contribution in [1.82, 2.24) is 10.3 Å². The molecule has 2 aromatic rings. The average molecular weight is 295 g/mol. The van der Waals surface area contributed by atoms with Crippen LogP contribution < -0.4 is 10.9 Å². The van der Waals surface area contributed by atoms with Crippen LogP contribution >= 0.6 is 11.6 Å². The number of pyridine rings is 1. The third-order valence-electron chi connectivity index (χ3n) is 3.01. The zero-order valence-electron chi connectivity index (χ0n) is 11.4. The molecule has 106 valence electrons. The summed E-state index contributed by atoms with van der Waals surface area (Å²) in [7, 11) is 0. The van der Waals surface area contributed by atoms with E-state index in [1.165, 1.54) is 12.3 Å². The molecule has 2 N–H and O–H groups in total. The number of aryl methyl sites for hydroxylation is 2. The lowest BCUT2D eigenvalue weighted by Crippen LogP contribution is -2.27. The van der Waals surface area contributed by atoms with Gasteiger partial charge in [-0.2, -0.15) is 0 Å². The van der Waals surface area contributed by atoms with E-state index in [1.54, 1.807) is 0 Å². The first kappa shape index (κ1) is 14.4. The number of furan rings is 1. The Morgan fingerprint density at radius 1 is 1.40 bits per heavy atom. The molecule has 0 bridgehead atoms. The first-order valence-corrected chi connectivity index (χ1v) is 6.52. The molecular weight excluding hydrogens is 280 g/mol. The quantitative estimate of drug-likeness (QED) is 0.914. The van der Waals surface area contributed by atoms with Crippen molar-refractivity contribution in [2.75, 3.05) is 0 Å². The molecule has 0 saturated heterocycles. The molecule has 0 unspecified atom stereocenters. The minimum absolute atomic E-state index is 0.0133. The smallest absolute Gasteiger partial charge is 0.266 e. The summed E-state index contributed by atoms with van der Waals surface area (Å²) in [5.41, 5.74) is 0.809. The third-order valence-corrected chi connectivity index (χ3v) is 3.29. The predicted molar refractivity (Wildman–Crippen MR) is 76.1 cm³/mol. The highest BCUT2D eigenvalue weighted by molar-refractivity contribution is 6.30. The van der Waals surface area contributed by atoms with E-state index in [0.29, 0.717) is 5.56 Å². The summed E-state index contributed by atoms with van der Waals surface area (Å²) in [6, 6.07) is 3.03. The fourth-order valence-electron chi connectivity index (χ4n) is 2.03. The first-order chi connectivity index (χ1) is 9.38. The van der Waals surface area contributed by atoms with Gasteiger partial charge in [0.1, 0.15) is 16.5 Å². The van der Waals surface area contributed by atoms with E-state index in [-0.39, 0.29) is 17.0 Å². The second-order valence-electron chi connectivity index (χ2n) is 4.63. The lowest BCUT2D eigenvalue weighted by atomic mass is 10.1. The number of amides is 1. The molecule has 6 heteroatoms. The molecule has 0 aliphatic heterocycles. The molecule has 0 radical (unpaired) electrons. The minimum atomic E-state index is -0.419. The fourth-order valence-corrected chi connectivity index (χ4v) is 2.20. The van der Waals surface area contributed by atoms with Gasteiger partial charge in [-0.1, -0.05) is 11.6 Å². The van der Waals surface area contributed by atoms with E-state index >= 15 is 0 Å². The zero-order valence-corrected chi connectivity index (χ0v) is 12.2. The number of hydrogen-bond donors (Lipinski definition) is 2. The number of carbonyl (C=O) groups excluding carboxylic acids is 1. The molecule has 2 aromatic heterocycles. The number of aromatic amines is 1. The maximum Gasteiger partial charge on any atom is 0.266 e. The topological polar surface area (TPSA) is 75.1 Å². The van der Waals surface area contributed by atoms with Crippen LogP contribution in [0, 0.1) is 13.8 Å². The maximum absolute atomic E-state index is 12.1. The van der Waals surface area contributed by atoms with Gasteiger partial charge in [-0.05, 0) is 32.9 Å². The van der Waals surface area contributed by atoms with Gasteiger partial charge < -0.3 is 14.7 Å². The Bertz CT molecular complexity index is 703. The number of carbonyl (C=O) groups is 1. The highest BCUT2D eigenvalue weighted by atomic mass is 35.5. The van der Waals surface area contributed by atoms with E-state index in [0.717, 1.165) is 17.1 Å². The number of hydrogen-bond acceptors (Lipinski definition) is 3. The van der Waals surface area contributed by atoms with Gasteiger partial charge in [0.15, 0.2) is 0 Å². The highest BCUT2D eigenvalue weighted by Crippen LogP contribution is 2.21. The summed E-state index contributed by atoms with van der Waals surface area (Å²) in [5, 5.41) is 2.82. The lowest BCUT2D eigenvalue weighted by molar-refractivity contribution is 0.0939. The summed E-state index contributed by atoms with van der Waals surface area (Å²) in [4.78, 5) is 25.7. The Hall–Kier alpha value is -2.01. The largest absolute Gasteiger partial charge is 0.466 e. The molecule has 2 rings (SSSR count). The summed E-state index contributed by atoms with van der Waals surface area (Å²) >= 11 is 5.70. The van der Waals surface area contributed by atoms with Gasteiger partial charge in [-0.3, -0.25) is 9.59 Å². The molecule has 20 heavy (non-hydrogen) atoms. The van der Waals surface area contributed by atoms with Crippen molar-refractivity contribution in [3.8, 4) is 0 Å². The Morgan fingerprint density at radius 2 is 2.10 bits per heavy atom. The van der Waals surface area contributed by atoms with Crippen LogP contribution in [0.4, 0.5) is 0 Å². The normalized spacial score (nSPS) is 12.2. The third kappa shape index (κ3) is 2.93. The Balaban J connectivity index is 2.17. The van der Waals surface area contributed by atoms with Crippen molar-refractivity contribution < 1.29 is 9.21 Å². The van der Waals surface area contributed by atoms with Crippen molar-refractivity contribution in [3.63, 3.8) is 0 Å². The van der Waals surface area contributed by atoms with Gasteiger partial charge >= 0.3 is 0 Å². The molecule has 1 amide bonds. The van der Waals surface area contributed by atoms with Crippen molar-refractivity contribution in [1.29, 1.82) is 0 Å². The van der Waals surface area contributed by atoms with Crippen LogP contribution in [-0.4, -0.2) is 10.9 Å². The Labute approximate surface area is 121 Å². The fraction of sp³-hybridized carbons (Fsp3) is 0.286. The molecule has 2 heterocycles. The van der Waals surface area contributed by atoms with Crippen molar-refractivity contribution in [2.45, 2.75) is 26.8 Å². The van der Waals surface area contributed by atoms with E-state index in [9.17, 15) is 9.59 Å². The molecular formula is C14H15ClN2O3. The molecule has 1 atom stereocenters. The Kier molecular flexibility index (Phi) is 3.99. The van der Waals surface area contributed by atoms with Crippen molar-refractivity contribution in [2.24, 2.45) is 0 Å². The van der Waals surface area contributed by atoms with Gasteiger partial charge in [0.2, 0.25) is 0 Å². The van der Waals surface area contributed by atoms with Gasteiger partial charge in [-0.15, -0.1) is 0 Å². The van der Waals surface area contributed by atoms with Crippen LogP contribution in [0.1, 0.15) is 40.4 Å². The summed E-state index contributed by atoms with van der Waals surface area (Å²) in [6.45, 7) is 5.57. The van der Waals surface area contributed by atoms with E-state index in [4.69, 9.17) is 16.0 Å². The predicted octanol–water partition coefficient (Wildman–Crippen LogP) is 2.73. The standard InChI is InChI=1S/C14H15ClN2O3/c1-7-4-11(9(3)20-7)8(2)17-13(18)10-5-12(15)14(19)16-6-10/h4-6,8H,1-3H3,(H,16,19)(H,17,18)/t8-/m1/s1. The first-order valence-electron chi connectivity index (χ1n) is 6.14. The van der Waals surface area contributed by atoms with Crippen LogP contribution in [0.2, 0.25) is 5.02 Å². The van der Waals surface area contributed by atoms with Crippen molar-refractivity contribution in [3.05, 3.63) is 56.4 Å². The number of nitrogens with one attached hydrogen (secondary N) is 2. The average Bonchev–Trinajstić information content (AvgIpc) is 2.71. The SMILES string of the molecule is Cc1cc([C@@H](C)NC(=O)c2c[nH]c(=O)c(Cl)c2)c(C)o1. The molecule has 0 spiro atoms. The van der Waals surface area contributed by atoms with Crippen LogP contribution in [-0.2, 0) is 0 Å². The number of aromatic nitrogens is 1.